The number of pyridine rings is 2. The molecule has 9 heteroatoms. The van der Waals surface area contributed by atoms with Crippen LogP contribution in [0.1, 0.15) is 37.7 Å². The van der Waals surface area contributed by atoms with Gasteiger partial charge in [0.25, 0.3) is 0 Å². The molecule has 1 aliphatic heterocycles. The van der Waals surface area contributed by atoms with Gasteiger partial charge < -0.3 is 10.6 Å². The van der Waals surface area contributed by atoms with Crippen molar-refractivity contribution in [2.24, 2.45) is 11.1 Å². The topological polar surface area (TPSA) is 83.7 Å². The fourth-order valence-electron chi connectivity index (χ4n) is 5.05. The van der Waals surface area contributed by atoms with E-state index < -0.39 is 11.7 Å². The van der Waals surface area contributed by atoms with Crippen molar-refractivity contribution in [1.82, 2.24) is 20.2 Å². The van der Waals surface area contributed by atoms with Crippen LogP contribution in [0.5, 0.6) is 0 Å². The molecule has 3 aromatic rings. The molecule has 5 rings (SSSR count). The SMILES string of the molecule is NC1CCN(c2ccc(C(F)(F)F)c(-c3n[nH]c4ncccc34)n2)CC12CCCC2. The maximum absolute atomic E-state index is 13.8. The average molecular weight is 416 g/mol. The summed E-state index contributed by atoms with van der Waals surface area (Å²) in [5.41, 5.74) is 6.11. The minimum absolute atomic E-state index is 0.0335. The third kappa shape index (κ3) is 3.12. The minimum atomic E-state index is -4.54. The van der Waals surface area contributed by atoms with Gasteiger partial charge in [0.2, 0.25) is 0 Å². The summed E-state index contributed by atoms with van der Waals surface area (Å²) >= 11 is 0. The Balaban J connectivity index is 1.59. The van der Waals surface area contributed by atoms with Crippen molar-refractivity contribution in [3.8, 4) is 11.4 Å². The number of fused-ring (bicyclic) bond motifs is 1. The van der Waals surface area contributed by atoms with Gasteiger partial charge in [0.15, 0.2) is 5.65 Å². The minimum Gasteiger partial charge on any atom is -0.356 e. The van der Waals surface area contributed by atoms with Crippen LogP contribution in [0.4, 0.5) is 19.0 Å². The summed E-state index contributed by atoms with van der Waals surface area (Å²) in [6, 6.07) is 6.09. The fraction of sp³-hybridized carbons (Fsp3) is 0.476. The predicted octanol–water partition coefficient (Wildman–Crippen LogP) is 4.14. The van der Waals surface area contributed by atoms with Gasteiger partial charge in [0, 0.05) is 36.1 Å². The first-order chi connectivity index (χ1) is 14.4. The molecule has 0 radical (unpaired) electrons. The van der Waals surface area contributed by atoms with E-state index in [1.165, 1.54) is 6.07 Å². The maximum Gasteiger partial charge on any atom is 0.418 e. The van der Waals surface area contributed by atoms with Crippen LogP contribution in [0.15, 0.2) is 30.5 Å². The molecule has 1 aliphatic carbocycles. The van der Waals surface area contributed by atoms with E-state index in [9.17, 15) is 13.2 Å². The van der Waals surface area contributed by atoms with Crippen LogP contribution in [0, 0.1) is 5.41 Å². The molecule has 1 saturated heterocycles. The summed E-state index contributed by atoms with van der Waals surface area (Å²) in [4.78, 5) is 10.7. The Morgan fingerprint density at radius 2 is 1.93 bits per heavy atom. The fourth-order valence-corrected chi connectivity index (χ4v) is 5.05. The van der Waals surface area contributed by atoms with Crippen molar-refractivity contribution in [3.63, 3.8) is 0 Å². The molecule has 1 spiro atoms. The number of aromatic amines is 1. The molecule has 1 saturated carbocycles. The van der Waals surface area contributed by atoms with Gasteiger partial charge in [-0.05, 0) is 43.5 Å². The van der Waals surface area contributed by atoms with Crippen LogP contribution in [0.3, 0.4) is 0 Å². The molecule has 4 heterocycles. The molecule has 2 fully saturated rings. The van der Waals surface area contributed by atoms with Gasteiger partial charge >= 0.3 is 6.18 Å². The number of aromatic nitrogens is 4. The van der Waals surface area contributed by atoms with Crippen molar-refractivity contribution in [1.29, 1.82) is 0 Å². The Morgan fingerprint density at radius 3 is 2.70 bits per heavy atom. The van der Waals surface area contributed by atoms with Gasteiger partial charge in [0.1, 0.15) is 17.2 Å². The highest BCUT2D eigenvalue weighted by Gasteiger charge is 2.44. The third-order valence-electron chi connectivity index (χ3n) is 6.67. The van der Waals surface area contributed by atoms with E-state index in [4.69, 9.17) is 5.73 Å². The highest BCUT2D eigenvalue weighted by molar-refractivity contribution is 5.90. The molecule has 0 amide bonds. The summed E-state index contributed by atoms with van der Waals surface area (Å²) < 4.78 is 41.3. The summed E-state index contributed by atoms with van der Waals surface area (Å²) in [7, 11) is 0. The van der Waals surface area contributed by atoms with E-state index in [1.54, 1.807) is 18.3 Å². The van der Waals surface area contributed by atoms with Crippen LogP contribution < -0.4 is 10.6 Å². The first-order valence-corrected chi connectivity index (χ1v) is 10.3. The summed E-state index contributed by atoms with van der Waals surface area (Å²) in [5.74, 6) is 0.538. The molecule has 0 aromatic carbocycles. The first-order valence-electron chi connectivity index (χ1n) is 10.3. The Hall–Kier alpha value is -2.68. The van der Waals surface area contributed by atoms with Crippen molar-refractivity contribution >= 4 is 16.9 Å². The van der Waals surface area contributed by atoms with E-state index in [-0.39, 0.29) is 22.8 Å². The standard InChI is InChI=1S/C21H23F3N6/c22-21(23,24)14-5-6-16(30-11-7-15(25)20(12-30)8-1-2-9-20)27-18(14)17-13-4-3-10-26-19(13)29-28-17/h3-6,10,15H,1-2,7-9,11-12,25H2,(H,26,28,29). The lowest BCUT2D eigenvalue weighted by molar-refractivity contribution is -0.137. The van der Waals surface area contributed by atoms with Crippen LogP contribution in [-0.4, -0.2) is 39.3 Å². The molecule has 6 nitrogen and oxygen atoms in total. The molecular weight excluding hydrogens is 393 g/mol. The van der Waals surface area contributed by atoms with Gasteiger partial charge in [-0.25, -0.2) is 9.97 Å². The molecule has 3 aromatic heterocycles. The van der Waals surface area contributed by atoms with E-state index in [2.05, 4.69) is 25.1 Å². The van der Waals surface area contributed by atoms with Crippen LogP contribution >= 0.6 is 0 Å². The van der Waals surface area contributed by atoms with Gasteiger partial charge in [-0.1, -0.05) is 12.8 Å². The number of hydrogen-bond acceptors (Lipinski definition) is 5. The lowest BCUT2D eigenvalue weighted by Gasteiger charge is -2.45. The van der Waals surface area contributed by atoms with Crippen molar-refractivity contribution in [3.05, 3.63) is 36.0 Å². The van der Waals surface area contributed by atoms with Gasteiger partial charge in [-0.2, -0.15) is 18.3 Å². The van der Waals surface area contributed by atoms with E-state index >= 15 is 0 Å². The number of anilines is 1. The van der Waals surface area contributed by atoms with Crippen molar-refractivity contribution in [2.45, 2.75) is 44.3 Å². The second-order valence-corrected chi connectivity index (χ2v) is 8.42. The first kappa shape index (κ1) is 19.3. The number of halogens is 3. The Kier molecular flexibility index (Phi) is 4.46. The lowest BCUT2D eigenvalue weighted by atomic mass is 9.74. The summed E-state index contributed by atoms with van der Waals surface area (Å²) in [6.07, 6.45) is 2.27. The normalized spacial score (nSPS) is 21.6. The van der Waals surface area contributed by atoms with E-state index in [1.807, 2.05) is 0 Å². The number of nitrogens with one attached hydrogen (secondary N) is 1. The summed E-state index contributed by atoms with van der Waals surface area (Å²) in [5, 5.41) is 7.35. The number of alkyl halides is 3. The molecule has 30 heavy (non-hydrogen) atoms. The quantitative estimate of drug-likeness (QED) is 0.656. The third-order valence-corrected chi connectivity index (χ3v) is 6.67. The number of nitrogens with zero attached hydrogens (tertiary/aromatic N) is 4. The average Bonchev–Trinajstić information content (AvgIpc) is 3.37. The second-order valence-electron chi connectivity index (χ2n) is 8.42. The Morgan fingerprint density at radius 1 is 1.13 bits per heavy atom. The Bertz CT molecular complexity index is 1070. The highest BCUT2D eigenvalue weighted by atomic mass is 19.4. The molecule has 1 unspecified atom stereocenters. The van der Waals surface area contributed by atoms with E-state index in [0.717, 1.165) is 44.7 Å². The van der Waals surface area contributed by atoms with Crippen LogP contribution in [0.25, 0.3) is 22.4 Å². The predicted molar refractivity (Wildman–Crippen MR) is 108 cm³/mol. The largest absolute Gasteiger partial charge is 0.418 e. The van der Waals surface area contributed by atoms with Crippen molar-refractivity contribution in [2.75, 3.05) is 18.0 Å². The highest BCUT2D eigenvalue weighted by Crippen LogP contribution is 2.45. The lowest BCUT2D eigenvalue weighted by Crippen LogP contribution is -2.54. The van der Waals surface area contributed by atoms with Gasteiger partial charge in [-0.3, -0.25) is 5.10 Å². The maximum atomic E-state index is 13.8. The second kappa shape index (κ2) is 6.94. The molecule has 2 aliphatic rings. The Labute approximate surface area is 171 Å². The monoisotopic (exact) mass is 416 g/mol. The molecule has 158 valence electrons. The number of rotatable bonds is 2. The van der Waals surface area contributed by atoms with Gasteiger partial charge in [0.05, 0.1) is 5.56 Å². The molecule has 0 bridgehead atoms. The summed E-state index contributed by atoms with van der Waals surface area (Å²) in [6.45, 7) is 1.42. The smallest absolute Gasteiger partial charge is 0.356 e. The van der Waals surface area contributed by atoms with Gasteiger partial charge in [-0.15, -0.1) is 0 Å². The van der Waals surface area contributed by atoms with E-state index in [0.29, 0.717) is 23.4 Å². The number of nitrogens with two attached hydrogens (primary N) is 1. The zero-order valence-corrected chi connectivity index (χ0v) is 16.4. The molecule has 1 atom stereocenters. The number of hydrogen-bond donors (Lipinski definition) is 2. The van der Waals surface area contributed by atoms with Crippen LogP contribution in [-0.2, 0) is 6.18 Å². The zero-order chi connectivity index (χ0) is 20.9. The number of piperidine rings is 1. The van der Waals surface area contributed by atoms with Crippen molar-refractivity contribution < 1.29 is 13.2 Å². The molecular formula is C21H23F3N6. The van der Waals surface area contributed by atoms with Crippen LogP contribution in [0.2, 0.25) is 0 Å². The molecule has 3 N–H and O–H groups in total. The zero-order valence-electron chi connectivity index (χ0n) is 16.4. The number of H-pyrrole nitrogens is 1.